The van der Waals surface area contributed by atoms with E-state index in [-0.39, 0.29) is 10.7 Å². The minimum absolute atomic E-state index is 0.0926. The van der Waals surface area contributed by atoms with Crippen LogP contribution in [-0.4, -0.2) is 16.9 Å². The monoisotopic (exact) mass is 356 g/mol. The largest absolute Gasteiger partial charge is 0.298 e. The van der Waals surface area contributed by atoms with Gasteiger partial charge in [0.1, 0.15) is 5.57 Å². The second-order valence-electron chi connectivity index (χ2n) is 5.64. The van der Waals surface area contributed by atoms with Crippen molar-refractivity contribution in [1.29, 1.82) is 0 Å². The summed E-state index contributed by atoms with van der Waals surface area (Å²) < 4.78 is 0. The summed E-state index contributed by atoms with van der Waals surface area (Å²) in [4.78, 5) is 27.5. The molecule has 0 bridgehead atoms. The first-order valence-electron chi connectivity index (χ1n) is 7.42. The van der Waals surface area contributed by atoms with E-state index in [1.807, 2.05) is 50.4 Å². The Kier molecular flexibility index (Phi) is 4.34. The molecule has 2 aromatic rings. The number of benzene rings is 1. The van der Waals surface area contributed by atoms with E-state index < -0.39 is 11.8 Å². The molecule has 0 unspecified atom stereocenters. The number of thiophene rings is 1. The van der Waals surface area contributed by atoms with E-state index in [4.69, 9.17) is 12.2 Å². The van der Waals surface area contributed by atoms with Crippen LogP contribution in [0.4, 0.5) is 5.69 Å². The average molecular weight is 356 g/mol. The van der Waals surface area contributed by atoms with Crippen LogP contribution in [0.1, 0.15) is 21.6 Å². The van der Waals surface area contributed by atoms with Crippen molar-refractivity contribution in [2.75, 3.05) is 4.90 Å². The molecule has 0 spiro atoms. The van der Waals surface area contributed by atoms with Crippen LogP contribution in [0.25, 0.3) is 6.08 Å². The first-order chi connectivity index (χ1) is 11.4. The lowest BCUT2D eigenvalue weighted by Crippen LogP contribution is -2.54. The number of amides is 2. The summed E-state index contributed by atoms with van der Waals surface area (Å²) in [5.74, 6) is -0.857. The molecule has 2 amide bonds. The number of hydrogen-bond donors (Lipinski definition) is 1. The maximum absolute atomic E-state index is 13.0. The fraction of sp³-hybridized carbons (Fsp3) is 0.167. The quantitative estimate of drug-likeness (QED) is 0.509. The number of nitrogens with one attached hydrogen (secondary N) is 1. The van der Waals surface area contributed by atoms with Gasteiger partial charge in [-0.25, -0.2) is 0 Å². The molecule has 6 heteroatoms. The molecule has 0 aliphatic carbocycles. The van der Waals surface area contributed by atoms with E-state index in [0.717, 1.165) is 21.6 Å². The summed E-state index contributed by atoms with van der Waals surface area (Å²) in [5, 5.41) is 4.66. The van der Waals surface area contributed by atoms with Crippen molar-refractivity contribution in [3.63, 3.8) is 0 Å². The Bertz CT molecular complexity index is 896. The number of carbonyl (C=O) groups excluding carboxylic acids is 2. The lowest BCUT2D eigenvalue weighted by Gasteiger charge is -2.30. The van der Waals surface area contributed by atoms with Gasteiger partial charge >= 0.3 is 0 Å². The second kappa shape index (κ2) is 6.30. The summed E-state index contributed by atoms with van der Waals surface area (Å²) in [5.41, 5.74) is 3.82. The van der Waals surface area contributed by atoms with Gasteiger partial charge in [0, 0.05) is 4.88 Å². The lowest BCUT2D eigenvalue weighted by molar-refractivity contribution is -0.122. The molecular weight excluding hydrogens is 340 g/mol. The minimum Gasteiger partial charge on any atom is -0.298 e. The molecule has 4 nitrogen and oxygen atoms in total. The van der Waals surface area contributed by atoms with Crippen molar-refractivity contribution in [1.82, 2.24) is 5.32 Å². The third-order valence-electron chi connectivity index (χ3n) is 4.10. The van der Waals surface area contributed by atoms with Crippen molar-refractivity contribution in [3.05, 3.63) is 56.8 Å². The van der Waals surface area contributed by atoms with Gasteiger partial charge in [0.05, 0.1) is 5.69 Å². The minimum atomic E-state index is -0.459. The number of aryl methyl sites for hydroxylation is 2. The van der Waals surface area contributed by atoms with E-state index in [1.54, 1.807) is 6.08 Å². The van der Waals surface area contributed by atoms with Gasteiger partial charge in [-0.2, -0.15) is 0 Å². The maximum atomic E-state index is 13.0. The average Bonchev–Trinajstić information content (AvgIpc) is 2.93. The van der Waals surface area contributed by atoms with Crippen LogP contribution in [0.5, 0.6) is 0 Å². The van der Waals surface area contributed by atoms with E-state index in [9.17, 15) is 9.59 Å². The van der Waals surface area contributed by atoms with Crippen LogP contribution in [0.15, 0.2) is 35.2 Å². The van der Waals surface area contributed by atoms with E-state index in [0.29, 0.717) is 5.69 Å². The van der Waals surface area contributed by atoms with Crippen molar-refractivity contribution >= 4 is 52.2 Å². The van der Waals surface area contributed by atoms with Gasteiger partial charge in [-0.1, -0.05) is 12.1 Å². The van der Waals surface area contributed by atoms with Crippen LogP contribution < -0.4 is 10.2 Å². The van der Waals surface area contributed by atoms with Gasteiger partial charge in [-0.15, -0.1) is 11.3 Å². The zero-order valence-electron chi connectivity index (χ0n) is 13.5. The molecule has 0 radical (unpaired) electrons. The van der Waals surface area contributed by atoms with Gasteiger partial charge in [0.25, 0.3) is 11.8 Å². The summed E-state index contributed by atoms with van der Waals surface area (Å²) in [6, 6.07) is 7.63. The van der Waals surface area contributed by atoms with Crippen molar-refractivity contribution in [2.24, 2.45) is 0 Å². The van der Waals surface area contributed by atoms with Crippen LogP contribution in [0, 0.1) is 20.8 Å². The molecule has 1 fully saturated rings. The summed E-state index contributed by atoms with van der Waals surface area (Å²) in [6.45, 7) is 5.85. The third kappa shape index (κ3) is 2.79. The lowest BCUT2D eigenvalue weighted by atomic mass is 10.0. The highest BCUT2D eigenvalue weighted by atomic mass is 32.1. The molecule has 2 heterocycles. The predicted octanol–water partition coefficient (Wildman–Crippen LogP) is 3.50. The van der Waals surface area contributed by atoms with Gasteiger partial charge in [0.2, 0.25) is 0 Å². The highest BCUT2D eigenvalue weighted by molar-refractivity contribution is 7.80. The number of carbonyl (C=O) groups is 2. The van der Waals surface area contributed by atoms with Gasteiger partial charge in [0.15, 0.2) is 5.11 Å². The Morgan fingerprint density at radius 2 is 1.88 bits per heavy atom. The van der Waals surface area contributed by atoms with Crippen LogP contribution in [-0.2, 0) is 9.59 Å². The van der Waals surface area contributed by atoms with E-state index in [1.165, 1.54) is 16.2 Å². The highest BCUT2D eigenvalue weighted by Gasteiger charge is 2.35. The van der Waals surface area contributed by atoms with Crippen LogP contribution in [0.2, 0.25) is 0 Å². The standard InChI is InChI=1S/C18H16N2O2S2/c1-10-5-4-6-14(12(10)3)20-17(22)13(16(21)19-18(20)23)9-15-11(2)7-8-24-15/h4-9H,1-3H3,(H,19,21,23)/b13-9-. The molecule has 0 saturated carbocycles. The van der Waals surface area contributed by atoms with Gasteiger partial charge in [-0.3, -0.25) is 19.8 Å². The van der Waals surface area contributed by atoms with Crippen LogP contribution in [0.3, 0.4) is 0 Å². The molecule has 1 aromatic carbocycles. The molecular formula is C18H16N2O2S2. The summed E-state index contributed by atoms with van der Waals surface area (Å²) in [7, 11) is 0. The number of rotatable bonds is 2. The fourth-order valence-corrected chi connectivity index (χ4v) is 3.65. The molecule has 1 aliphatic heterocycles. The third-order valence-corrected chi connectivity index (χ3v) is 5.35. The normalized spacial score (nSPS) is 16.7. The molecule has 122 valence electrons. The second-order valence-corrected chi connectivity index (χ2v) is 6.98. The summed E-state index contributed by atoms with van der Waals surface area (Å²) >= 11 is 6.73. The molecule has 1 N–H and O–H groups in total. The van der Waals surface area contributed by atoms with E-state index in [2.05, 4.69) is 5.32 Å². The van der Waals surface area contributed by atoms with Crippen LogP contribution >= 0.6 is 23.6 Å². The number of anilines is 1. The molecule has 1 aliphatic rings. The zero-order valence-corrected chi connectivity index (χ0v) is 15.2. The first-order valence-corrected chi connectivity index (χ1v) is 8.70. The maximum Gasteiger partial charge on any atom is 0.270 e. The number of thiocarbonyl (C=S) groups is 1. The molecule has 1 saturated heterocycles. The highest BCUT2D eigenvalue weighted by Crippen LogP contribution is 2.28. The molecule has 0 atom stereocenters. The molecule has 1 aromatic heterocycles. The first kappa shape index (κ1) is 16.5. The Morgan fingerprint density at radius 3 is 2.54 bits per heavy atom. The Labute approximate surface area is 149 Å². The SMILES string of the molecule is Cc1ccsc1/C=C1/C(=O)NC(=S)N(c2cccc(C)c2C)C1=O. The topological polar surface area (TPSA) is 49.4 Å². The van der Waals surface area contributed by atoms with Gasteiger partial charge < -0.3 is 0 Å². The molecule has 3 rings (SSSR count). The Morgan fingerprint density at radius 1 is 1.12 bits per heavy atom. The van der Waals surface area contributed by atoms with E-state index >= 15 is 0 Å². The Hall–Kier alpha value is -2.31. The number of hydrogen-bond acceptors (Lipinski definition) is 4. The Balaban J connectivity index is 2.09. The fourth-order valence-electron chi connectivity index (χ4n) is 2.52. The zero-order chi connectivity index (χ0) is 17.4. The summed E-state index contributed by atoms with van der Waals surface area (Å²) in [6.07, 6.45) is 1.64. The van der Waals surface area contributed by atoms with Gasteiger partial charge in [-0.05, 0) is 73.3 Å². The number of nitrogens with zero attached hydrogens (tertiary/aromatic N) is 1. The van der Waals surface area contributed by atoms with Crippen molar-refractivity contribution in [3.8, 4) is 0 Å². The molecule has 24 heavy (non-hydrogen) atoms. The van der Waals surface area contributed by atoms with Crippen molar-refractivity contribution < 1.29 is 9.59 Å². The van der Waals surface area contributed by atoms with Crippen molar-refractivity contribution in [2.45, 2.75) is 20.8 Å². The predicted molar refractivity (Wildman–Crippen MR) is 101 cm³/mol. The smallest absolute Gasteiger partial charge is 0.270 e.